The van der Waals surface area contributed by atoms with Gasteiger partial charge in [-0.25, -0.2) is 4.79 Å². The Labute approximate surface area is 218 Å². The number of ketones is 1. The molecule has 1 atom stereocenters. The molecule has 1 aromatic heterocycles. The lowest BCUT2D eigenvalue weighted by Crippen LogP contribution is -2.29. The zero-order valence-electron chi connectivity index (χ0n) is 20.4. The number of carbonyl (C=O) groups excluding carboxylic acids is 3. The van der Waals surface area contributed by atoms with Crippen LogP contribution in [0.5, 0.6) is 0 Å². The van der Waals surface area contributed by atoms with E-state index >= 15 is 0 Å². The van der Waals surface area contributed by atoms with Crippen molar-refractivity contribution in [3.05, 3.63) is 106 Å². The van der Waals surface area contributed by atoms with E-state index < -0.39 is 23.7 Å². The van der Waals surface area contributed by atoms with Crippen molar-refractivity contribution in [2.24, 2.45) is 5.92 Å². The fraction of sp³-hybridized carbons (Fsp3) is 0.167. The number of carbonyl (C=O) groups is 3. The van der Waals surface area contributed by atoms with Crippen LogP contribution in [0.4, 0.5) is 5.69 Å². The second kappa shape index (κ2) is 10.0. The molecule has 1 N–H and O–H groups in total. The Morgan fingerprint density at radius 2 is 1.65 bits per heavy atom. The minimum absolute atomic E-state index is 0.0307. The van der Waals surface area contributed by atoms with Crippen molar-refractivity contribution in [1.29, 1.82) is 0 Å². The second-order valence-corrected chi connectivity index (χ2v) is 10.3. The SMILES string of the molecule is CC(C)COC(=O)c1ccc(N2C(=O)C(=O)/C(=C(\O)c3ccc4ccccc4c3)C2c2cccs2)cc1. The average Bonchev–Trinajstić information content (AvgIpc) is 3.53. The summed E-state index contributed by atoms with van der Waals surface area (Å²) in [6, 6.07) is 22.4. The average molecular weight is 512 g/mol. The van der Waals surface area contributed by atoms with Crippen molar-refractivity contribution >= 4 is 51.2 Å². The van der Waals surface area contributed by atoms with Gasteiger partial charge in [0, 0.05) is 16.1 Å². The van der Waals surface area contributed by atoms with Gasteiger partial charge in [-0.15, -0.1) is 11.3 Å². The largest absolute Gasteiger partial charge is 0.507 e. The fourth-order valence-electron chi connectivity index (χ4n) is 4.39. The zero-order chi connectivity index (χ0) is 26.1. The van der Waals surface area contributed by atoms with Crippen molar-refractivity contribution in [3.63, 3.8) is 0 Å². The molecule has 1 fully saturated rings. The van der Waals surface area contributed by atoms with Crippen LogP contribution in [-0.4, -0.2) is 29.4 Å². The maximum absolute atomic E-state index is 13.3. The highest BCUT2D eigenvalue weighted by molar-refractivity contribution is 7.10. The lowest BCUT2D eigenvalue weighted by atomic mass is 9.98. The molecule has 0 saturated carbocycles. The van der Waals surface area contributed by atoms with Crippen LogP contribution in [0.3, 0.4) is 0 Å². The summed E-state index contributed by atoms with van der Waals surface area (Å²) >= 11 is 1.39. The van der Waals surface area contributed by atoms with E-state index in [1.807, 2.05) is 61.7 Å². The van der Waals surface area contributed by atoms with Crippen LogP contribution in [0.2, 0.25) is 0 Å². The van der Waals surface area contributed by atoms with Crippen molar-refractivity contribution in [2.75, 3.05) is 11.5 Å². The molecule has 0 aliphatic carbocycles. The highest BCUT2D eigenvalue weighted by Gasteiger charge is 2.47. The Hall–Kier alpha value is -4.23. The smallest absolute Gasteiger partial charge is 0.338 e. The monoisotopic (exact) mass is 511 g/mol. The molecule has 1 unspecified atom stereocenters. The van der Waals surface area contributed by atoms with Crippen molar-refractivity contribution in [1.82, 2.24) is 0 Å². The molecule has 6 nitrogen and oxygen atoms in total. The number of aliphatic hydroxyl groups is 1. The maximum atomic E-state index is 13.3. The van der Waals surface area contributed by atoms with E-state index in [2.05, 4.69) is 0 Å². The highest BCUT2D eigenvalue weighted by Crippen LogP contribution is 2.43. The number of aliphatic hydroxyl groups excluding tert-OH is 1. The van der Waals surface area contributed by atoms with Crippen LogP contribution in [0.15, 0.2) is 89.8 Å². The number of amides is 1. The third-order valence-electron chi connectivity index (χ3n) is 6.21. The van der Waals surface area contributed by atoms with Crippen molar-refractivity contribution in [3.8, 4) is 0 Å². The molecule has 1 amide bonds. The molecule has 4 aromatic rings. The zero-order valence-corrected chi connectivity index (χ0v) is 21.2. The van der Waals surface area contributed by atoms with E-state index in [-0.39, 0.29) is 17.3 Å². The lowest BCUT2D eigenvalue weighted by Gasteiger charge is -2.24. The first-order valence-corrected chi connectivity index (χ1v) is 12.8. The minimum Gasteiger partial charge on any atom is -0.507 e. The molecule has 1 saturated heterocycles. The van der Waals surface area contributed by atoms with E-state index in [0.717, 1.165) is 15.6 Å². The molecule has 0 bridgehead atoms. The van der Waals surface area contributed by atoms with Gasteiger partial charge < -0.3 is 9.84 Å². The summed E-state index contributed by atoms with van der Waals surface area (Å²) in [5.74, 6) is -1.96. The molecule has 1 aliphatic rings. The fourth-order valence-corrected chi connectivity index (χ4v) is 5.21. The van der Waals surface area contributed by atoms with E-state index in [0.29, 0.717) is 23.4 Å². The van der Waals surface area contributed by atoms with Gasteiger partial charge in [0.25, 0.3) is 11.7 Å². The highest BCUT2D eigenvalue weighted by atomic mass is 32.1. The Bertz CT molecular complexity index is 1520. The standard InChI is InChI=1S/C30H25NO5S/c1-18(2)17-36-30(35)20-11-13-23(14-12-20)31-26(24-8-5-15-37-24)25(28(33)29(31)34)27(32)22-10-9-19-6-3-4-7-21(19)16-22/h3-16,18,26,32H,17H2,1-2H3/b27-25-. The first-order chi connectivity index (χ1) is 17.8. The number of hydrogen-bond acceptors (Lipinski definition) is 6. The number of anilines is 1. The Morgan fingerprint density at radius 3 is 2.32 bits per heavy atom. The van der Waals surface area contributed by atoms with Gasteiger partial charge in [-0.2, -0.15) is 0 Å². The molecule has 2 heterocycles. The number of nitrogens with zero attached hydrogens (tertiary/aromatic N) is 1. The summed E-state index contributed by atoms with van der Waals surface area (Å²) in [5.41, 5.74) is 1.29. The minimum atomic E-state index is -0.801. The Balaban J connectivity index is 1.56. The summed E-state index contributed by atoms with van der Waals surface area (Å²) in [6.07, 6.45) is 0. The summed E-state index contributed by atoms with van der Waals surface area (Å²) in [6.45, 7) is 4.22. The van der Waals surface area contributed by atoms with E-state index in [1.165, 1.54) is 16.2 Å². The summed E-state index contributed by atoms with van der Waals surface area (Å²) in [5, 5.41) is 15.1. The number of benzene rings is 3. The molecular weight excluding hydrogens is 486 g/mol. The van der Waals surface area contributed by atoms with Gasteiger partial charge in [0.05, 0.1) is 17.7 Å². The number of fused-ring (bicyclic) bond motifs is 1. The van der Waals surface area contributed by atoms with Crippen LogP contribution < -0.4 is 4.90 Å². The van der Waals surface area contributed by atoms with E-state index in [1.54, 1.807) is 36.4 Å². The van der Waals surface area contributed by atoms with Gasteiger partial charge in [0.15, 0.2) is 0 Å². The van der Waals surface area contributed by atoms with Gasteiger partial charge in [0.2, 0.25) is 0 Å². The molecule has 186 valence electrons. The molecule has 3 aromatic carbocycles. The number of Topliss-reactive ketones (excluding diaryl/α,β-unsaturated/α-hetero) is 1. The molecular formula is C30H25NO5S. The molecule has 7 heteroatoms. The van der Waals surface area contributed by atoms with Gasteiger partial charge in [0.1, 0.15) is 11.8 Å². The topological polar surface area (TPSA) is 83.9 Å². The van der Waals surface area contributed by atoms with Crippen LogP contribution in [0.1, 0.15) is 40.7 Å². The molecule has 5 rings (SSSR count). The lowest BCUT2D eigenvalue weighted by molar-refractivity contribution is -0.132. The molecule has 1 aliphatic heterocycles. The predicted molar refractivity (Wildman–Crippen MR) is 145 cm³/mol. The van der Waals surface area contributed by atoms with Crippen LogP contribution in [0, 0.1) is 5.92 Å². The van der Waals surface area contributed by atoms with Crippen LogP contribution in [-0.2, 0) is 14.3 Å². The van der Waals surface area contributed by atoms with Gasteiger partial charge >= 0.3 is 5.97 Å². The first-order valence-electron chi connectivity index (χ1n) is 12.0. The van der Waals surface area contributed by atoms with Crippen LogP contribution >= 0.6 is 11.3 Å². The third kappa shape index (κ3) is 4.66. The first kappa shape index (κ1) is 24.5. The quantitative estimate of drug-likeness (QED) is 0.141. The third-order valence-corrected chi connectivity index (χ3v) is 7.13. The molecule has 37 heavy (non-hydrogen) atoms. The predicted octanol–water partition coefficient (Wildman–Crippen LogP) is 6.34. The number of esters is 1. The Kier molecular flexibility index (Phi) is 6.63. The van der Waals surface area contributed by atoms with E-state index in [4.69, 9.17) is 4.74 Å². The molecule has 0 spiro atoms. The maximum Gasteiger partial charge on any atom is 0.338 e. The van der Waals surface area contributed by atoms with Crippen molar-refractivity contribution in [2.45, 2.75) is 19.9 Å². The normalized spacial score (nSPS) is 17.1. The number of thiophene rings is 1. The summed E-state index contributed by atoms with van der Waals surface area (Å²) < 4.78 is 5.29. The van der Waals surface area contributed by atoms with Gasteiger partial charge in [-0.05, 0) is 58.5 Å². The van der Waals surface area contributed by atoms with Gasteiger partial charge in [-0.3, -0.25) is 14.5 Å². The van der Waals surface area contributed by atoms with Crippen LogP contribution in [0.25, 0.3) is 16.5 Å². The summed E-state index contributed by atoms with van der Waals surface area (Å²) in [4.78, 5) is 41.1. The summed E-state index contributed by atoms with van der Waals surface area (Å²) in [7, 11) is 0. The number of ether oxygens (including phenoxy) is 1. The molecule has 0 radical (unpaired) electrons. The van der Waals surface area contributed by atoms with Gasteiger partial charge in [-0.1, -0.05) is 56.3 Å². The second-order valence-electron chi connectivity index (χ2n) is 9.29. The number of hydrogen-bond donors (Lipinski definition) is 1. The number of rotatable bonds is 6. The van der Waals surface area contributed by atoms with E-state index in [9.17, 15) is 19.5 Å². The Morgan fingerprint density at radius 1 is 0.946 bits per heavy atom. The van der Waals surface area contributed by atoms with Crippen molar-refractivity contribution < 1.29 is 24.2 Å².